The van der Waals surface area contributed by atoms with Crippen LogP contribution in [0.4, 0.5) is 0 Å². The average Bonchev–Trinajstić information content (AvgIpc) is 2.38. The molecule has 2 nitrogen and oxygen atoms in total. The molecule has 0 spiro atoms. The molecule has 1 aromatic carbocycles. The van der Waals surface area contributed by atoms with Crippen molar-refractivity contribution < 1.29 is 4.74 Å². The maximum Gasteiger partial charge on any atom is 0.121 e. The van der Waals surface area contributed by atoms with Crippen LogP contribution in [0.5, 0.6) is 5.75 Å². The van der Waals surface area contributed by atoms with E-state index in [1.54, 1.807) is 7.11 Å². The van der Waals surface area contributed by atoms with E-state index in [0.717, 1.165) is 5.75 Å². The number of ether oxygens (including phenoxy) is 1. The molecular formula is C14H21NOS. The molecule has 2 rings (SSSR count). The maximum absolute atomic E-state index is 5.27. The van der Waals surface area contributed by atoms with Crippen LogP contribution >= 0.6 is 11.8 Å². The van der Waals surface area contributed by atoms with Crippen LogP contribution in [-0.4, -0.2) is 25.4 Å². The Labute approximate surface area is 108 Å². The summed E-state index contributed by atoms with van der Waals surface area (Å²) in [5.74, 6) is 2.15. The van der Waals surface area contributed by atoms with Gasteiger partial charge in [-0.3, -0.25) is 0 Å². The van der Waals surface area contributed by atoms with E-state index in [-0.39, 0.29) is 0 Å². The van der Waals surface area contributed by atoms with E-state index in [4.69, 9.17) is 4.74 Å². The first kappa shape index (κ1) is 12.8. The van der Waals surface area contributed by atoms with Gasteiger partial charge in [0.25, 0.3) is 0 Å². The number of hydrogen-bond acceptors (Lipinski definition) is 3. The molecule has 3 heteroatoms. The van der Waals surface area contributed by atoms with Gasteiger partial charge in [0.2, 0.25) is 0 Å². The second kappa shape index (κ2) is 6.31. The Kier molecular flexibility index (Phi) is 4.75. The Morgan fingerprint density at radius 1 is 1.41 bits per heavy atom. The summed E-state index contributed by atoms with van der Waals surface area (Å²) in [5, 5.41) is 3.58. The third-order valence-corrected chi connectivity index (χ3v) is 4.39. The number of nitrogens with one attached hydrogen (secondary N) is 1. The molecule has 1 aliphatic rings. The molecule has 1 atom stereocenters. The molecule has 0 saturated carbocycles. The normalized spacial score (nSPS) is 20.2. The Bertz CT molecular complexity index is 361. The van der Waals surface area contributed by atoms with Crippen molar-refractivity contribution in [2.75, 3.05) is 19.4 Å². The summed E-state index contributed by atoms with van der Waals surface area (Å²) in [6.45, 7) is 3.29. The molecule has 1 heterocycles. The quantitative estimate of drug-likeness (QED) is 0.830. The Balaban J connectivity index is 1.87. The van der Waals surface area contributed by atoms with Crippen LogP contribution in [0, 0.1) is 6.92 Å². The highest BCUT2D eigenvalue weighted by molar-refractivity contribution is 7.99. The third-order valence-electron chi connectivity index (χ3n) is 3.23. The molecule has 1 fully saturated rings. The second-order valence-electron chi connectivity index (χ2n) is 4.59. The minimum atomic E-state index is 0.691. The summed E-state index contributed by atoms with van der Waals surface area (Å²) in [6, 6.07) is 7.12. The van der Waals surface area contributed by atoms with Crippen molar-refractivity contribution in [3.05, 3.63) is 23.8 Å². The third kappa shape index (κ3) is 3.65. The Morgan fingerprint density at radius 2 is 2.29 bits per heavy atom. The first-order valence-corrected chi connectivity index (χ1v) is 7.29. The largest absolute Gasteiger partial charge is 0.496 e. The minimum absolute atomic E-state index is 0.691. The topological polar surface area (TPSA) is 21.3 Å². The van der Waals surface area contributed by atoms with Gasteiger partial charge in [-0.05, 0) is 50.1 Å². The van der Waals surface area contributed by atoms with Crippen molar-refractivity contribution in [2.45, 2.75) is 37.1 Å². The van der Waals surface area contributed by atoms with Gasteiger partial charge >= 0.3 is 0 Å². The van der Waals surface area contributed by atoms with E-state index in [2.05, 4.69) is 30.4 Å². The zero-order chi connectivity index (χ0) is 12.1. The molecule has 0 bridgehead atoms. The zero-order valence-electron chi connectivity index (χ0n) is 10.7. The van der Waals surface area contributed by atoms with Crippen LogP contribution in [0.1, 0.15) is 24.8 Å². The molecule has 0 aromatic heterocycles. The van der Waals surface area contributed by atoms with Gasteiger partial charge in [0.05, 0.1) is 7.11 Å². The highest BCUT2D eigenvalue weighted by Gasteiger charge is 2.12. The summed E-state index contributed by atoms with van der Waals surface area (Å²) in [7, 11) is 1.72. The fourth-order valence-electron chi connectivity index (χ4n) is 2.20. The molecule has 94 valence electrons. The van der Waals surface area contributed by atoms with E-state index in [1.165, 1.54) is 42.0 Å². The average molecular weight is 251 g/mol. The molecule has 17 heavy (non-hydrogen) atoms. The molecule has 1 N–H and O–H groups in total. The fourth-order valence-corrected chi connectivity index (χ4v) is 3.31. The lowest BCUT2D eigenvalue weighted by atomic mass is 10.1. The molecule has 1 unspecified atom stereocenters. The van der Waals surface area contributed by atoms with Gasteiger partial charge in [-0.15, -0.1) is 11.8 Å². The van der Waals surface area contributed by atoms with Gasteiger partial charge in [-0.25, -0.2) is 0 Å². The van der Waals surface area contributed by atoms with Crippen molar-refractivity contribution in [1.29, 1.82) is 0 Å². The summed E-state index contributed by atoms with van der Waals surface area (Å²) >= 11 is 1.94. The Morgan fingerprint density at radius 3 is 2.94 bits per heavy atom. The minimum Gasteiger partial charge on any atom is -0.496 e. The lowest BCUT2D eigenvalue weighted by Crippen LogP contribution is -2.35. The monoisotopic (exact) mass is 251 g/mol. The van der Waals surface area contributed by atoms with Crippen molar-refractivity contribution in [3.8, 4) is 5.75 Å². The van der Waals surface area contributed by atoms with Gasteiger partial charge in [-0.1, -0.05) is 6.42 Å². The van der Waals surface area contributed by atoms with Crippen LogP contribution in [0.15, 0.2) is 23.1 Å². The summed E-state index contributed by atoms with van der Waals surface area (Å²) < 4.78 is 5.27. The first-order valence-electron chi connectivity index (χ1n) is 6.30. The van der Waals surface area contributed by atoms with Gasteiger partial charge in [0, 0.05) is 16.7 Å². The SMILES string of the molecule is COc1ccc(SCC2CCCCN2)cc1C. The maximum atomic E-state index is 5.27. The number of aryl methyl sites for hydroxylation is 1. The van der Waals surface area contributed by atoms with Gasteiger partial charge in [0.15, 0.2) is 0 Å². The molecule has 1 saturated heterocycles. The summed E-state index contributed by atoms with van der Waals surface area (Å²) in [6.07, 6.45) is 4.03. The second-order valence-corrected chi connectivity index (χ2v) is 5.68. The molecule has 1 aromatic rings. The number of rotatable bonds is 4. The Hall–Kier alpha value is -0.670. The van der Waals surface area contributed by atoms with E-state index >= 15 is 0 Å². The zero-order valence-corrected chi connectivity index (χ0v) is 11.5. The lowest BCUT2D eigenvalue weighted by Gasteiger charge is -2.23. The lowest BCUT2D eigenvalue weighted by molar-refractivity contribution is 0.411. The molecule has 0 radical (unpaired) electrons. The van der Waals surface area contributed by atoms with Gasteiger partial charge in [-0.2, -0.15) is 0 Å². The van der Waals surface area contributed by atoms with Crippen molar-refractivity contribution in [3.63, 3.8) is 0 Å². The van der Waals surface area contributed by atoms with Crippen molar-refractivity contribution in [2.24, 2.45) is 0 Å². The van der Waals surface area contributed by atoms with Crippen LogP contribution < -0.4 is 10.1 Å². The van der Waals surface area contributed by atoms with E-state index < -0.39 is 0 Å². The van der Waals surface area contributed by atoms with E-state index in [1.807, 2.05) is 11.8 Å². The van der Waals surface area contributed by atoms with Crippen LogP contribution in [-0.2, 0) is 0 Å². The predicted molar refractivity (Wildman–Crippen MR) is 74.1 cm³/mol. The summed E-state index contributed by atoms with van der Waals surface area (Å²) in [5.41, 5.74) is 1.22. The van der Waals surface area contributed by atoms with E-state index in [0.29, 0.717) is 6.04 Å². The van der Waals surface area contributed by atoms with Crippen LogP contribution in [0.2, 0.25) is 0 Å². The number of piperidine rings is 1. The van der Waals surface area contributed by atoms with Gasteiger partial charge in [0.1, 0.15) is 5.75 Å². The standard InChI is InChI=1S/C14H21NOS/c1-11-9-13(6-7-14(11)16-2)17-10-12-5-3-4-8-15-12/h6-7,9,12,15H,3-5,8,10H2,1-2H3. The molecular weight excluding hydrogens is 230 g/mol. The molecule has 1 aliphatic heterocycles. The van der Waals surface area contributed by atoms with Crippen molar-refractivity contribution >= 4 is 11.8 Å². The predicted octanol–water partition coefficient (Wildman–Crippen LogP) is 3.24. The highest BCUT2D eigenvalue weighted by atomic mass is 32.2. The van der Waals surface area contributed by atoms with Crippen LogP contribution in [0.25, 0.3) is 0 Å². The number of hydrogen-bond donors (Lipinski definition) is 1. The molecule has 0 aliphatic carbocycles. The highest BCUT2D eigenvalue weighted by Crippen LogP contribution is 2.26. The smallest absolute Gasteiger partial charge is 0.121 e. The molecule has 0 amide bonds. The van der Waals surface area contributed by atoms with Gasteiger partial charge < -0.3 is 10.1 Å². The number of methoxy groups -OCH3 is 1. The fraction of sp³-hybridized carbons (Fsp3) is 0.571. The summed E-state index contributed by atoms with van der Waals surface area (Å²) in [4.78, 5) is 1.34. The van der Waals surface area contributed by atoms with Crippen molar-refractivity contribution in [1.82, 2.24) is 5.32 Å². The number of benzene rings is 1. The first-order chi connectivity index (χ1) is 8.29. The van der Waals surface area contributed by atoms with E-state index in [9.17, 15) is 0 Å². The van der Waals surface area contributed by atoms with Crippen LogP contribution in [0.3, 0.4) is 0 Å². The number of thioether (sulfide) groups is 1.